The van der Waals surface area contributed by atoms with Crippen molar-refractivity contribution in [3.63, 3.8) is 0 Å². The first-order valence-corrected chi connectivity index (χ1v) is 14.0. The molecule has 2 heteroatoms. The Bertz CT molecular complexity index is 765. The topological polar surface area (TPSA) is 40.5 Å². The molecule has 32 heavy (non-hydrogen) atoms. The summed E-state index contributed by atoms with van der Waals surface area (Å²) in [6.07, 6.45) is 12.4. The Hall–Kier alpha value is -0.0800. The predicted molar refractivity (Wildman–Crippen MR) is 132 cm³/mol. The van der Waals surface area contributed by atoms with E-state index in [-0.39, 0.29) is 16.9 Å². The average Bonchev–Trinajstić information content (AvgIpc) is 2.98. The number of aliphatic hydroxyl groups excluding tert-OH is 1. The van der Waals surface area contributed by atoms with E-state index in [0.29, 0.717) is 28.1 Å². The van der Waals surface area contributed by atoms with Gasteiger partial charge in [-0.3, -0.25) is 0 Å². The van der Waals surface area contributed by atoms with Crippen molar-refractivity contribution in [2.45, 2.75) is 131 Å². The minimum Gasteiger partial charge on any atom is -0.393 e. The lowest BCUT2D eigenvalue weighted by Crippen LogP contribution is -2.66. The molecule has 0 unspecified atom stereocenters. The van der Waals surface area contributed by atoms with E-state index in [1.165, 1.54) is 51.4 Å². The lowest BCUT2D eigenvalue weighted by molar-refractivity contribution is -0.250. The molecule has 5 aliphatic rings. The molecule has 10 atom stereocenters. The van der Waals surface area contributed by atoms with Crippen LogP contribution in [0.1, 0.15) is 120 Å². The third-order valence-corrected chi connectivity index (χ3v) is 13.5. The van der Waals surface area contributed by atoms with Gasteiger partial charge in [0, 0.05) is 0 Å². The van der Waals surface area contributed by atoms with Crippen molar-refractivity contribution < 1.29 is 10.2 Å². The molecule has 184 valence electrons. The van der Waals surface area contributed by atoms with Crippen LogP contribution >= 0.6 is 0 Å². The molecular weight excluding hydrogens is 392 g/mol. The average molecular weight is 445 g/mol. The molecule has 5 rings (SSSR count). The summed E-state index contributed by atoms with van der Waals surface area (Å²) in [7, 11) is 0. The van der Waals surface area contributed by atoms with E-state index in [0.717, 1.165) is 30.6 Å². The smallest absolute Gasteiger partial charge is 0.0622 e. The highest BCUT2D eigenvalue weighted by atomic mass is 16.3. The minimum absolute atomic E-state index is 0.130. The van der Waals surface area contributed by atoms with Crippen LogP contribution in [-0.4, -0.2) is 21.9 Å². The Morgan fingerprint density at radius 2 is 1.22 bits per heavy atom. The summed E-state index contributed by atoms with van der Waals surface area (Å²) in [6.45, 7) is 19.6. The highest BCUT2D eigenvalue weighted by molar-refractivity contribution is 5.19. The standard InChI is InChI=1S/C30H52O2/c1-25(2)17-19(31)18-28(6)22(25)13-16-30(8)24(28)10-9-23-27(5)14-11-20(26(3,4)32)21(27)12-15-29(23,30)7/h19-24,31-32H,9-18H2,1-8H3/t19-,20-,21-,22-,23+,24+,27-,28-,29+,30+/m0/s1. The molecule has 5 saturated carbocycles. The van der Waals surface area contributed by atoms with Gasteiger partial charge in [0.25, 0.3) is 0 Å². The van der Waals surface area contributed by atoms with Crippen molar-refractivity contribution >= 4 is 0 Å². The first kappa shape index (κ1) is 23.7. The van der Waals surface area contributed by atoms with Crippen molar-refractivity contribution in [3.05, 3.63) is 0 Å². The summed E-state index contributed by atoms with van der Waals surface area (Å²) < 4.78 is 0. The van der Waals surface area contributed by atoms with Gasteiger partial charge in [0.1, 0.15) is 0 Å². The number of hydrogen-bond donors (Lipinski definition) is 2. The molecule has 0 bridgehead atoms. The minimum atomic E-state index is -0.549. The molecule has 0 radical (unpaired) electrons. The molecule has 0 aromatic heterocycles. The molecule has 0 saturated heterocycles. The van der Waals surface area contributed by atoms with Crippen LogP contribution in [0.25, 0.3) is 0 Å². The third kappa shape index (κ3) is 2.84. The fourth-order valence-corrected chi connectivity index (χ4v) is 12.3. The molecule has 5 aliphatic carbocycles. The van der Waals surface area contributed by atoms with Gasteiger partial charge in [0.15, 0.2) is 0 Å². The summed E-state index contributed by atoms with van der Waals surface area (Å²) in [6, 6.07) is 0. The normalized spacial score (nSPS) is 57.2. The maximum absolute atomic E-state index is 11.0. The Balaban J connectivity index is 1.52. The maximum Gasteiger partial charge on any atom is 0.0622 e. The van der Waals surface area contributed by atoms with Crippen LogP contribution in [0.4, 0.5) is 0 Å². The SMILES string of the molecule is CC(C)(O)[C@H]1CC[C@]2(C)[C@H]3CC[C@@H]4[C@@]5(C)C[C@@H](O)CC(C)(C)[C@@H]5CC[C@@]4(C)[C@]3(C)CC[C@@H]12. The van der Waals surface area contributed by atoms with E-state index in [1.807, 2.05) is 0 Å². The van der Waals surface area contributed by atoms with Gasteiger partial charge in [0.2, 0.25) is 0 Å². The summed E-state index contributed by atoms with van der Waals surface area (Å²) in [5.41, 5.74) is 1.11. The fourth-order valence-electron chi connectivity index (χ4n) is 12.3. The zero-order valence-electron chi connectivity index (χ0n) is 22.4. The maximum atomic E-state index is 11.0. The van der Waals surface area contributed by atoms with Gasteiger partial charge in [-0.25, -0.2) is 0 Å². The van der Waals surface area contributed by atoms with Crippen molar-refractivity contribution in [3.8, 4) is 0 Å². The second-order valence-electron chi connectivity index (χ2n) is 15.6. The lowest BCUT2D eigenvalue weighted by atomic mass is 9.32. The zero-order valence-corrected chi connectivity index (χ0v) is 22.4. The Morgan fingerprint density at radius 3 is 1.81 bits per heavy atom. The van der Waals surface area contributed by atoms with Crippen LogP contribution in [-0.2, 0) is 0 Å². The van der Waals surface area contributed by atoms with E-state index in [1.54, 1.807) is 0 Å². The van der Waals surface area contributed by atoms with Gasteiger partial charge in [0.05, 0.1) is 11.7 Å². The molecular formula is C30H52O2. The monoisotopic (exact) mass is 444 g/mol. The first-order chi connectivity index (χ1) is 14.6. The molecule has 0 amide bonds. The van der Waals surface area contributed by atoms with Gasteiger partial charge < -0.3 is 10.2 Å². The van der Waals surface area contributed by atoms with Gasteiger partial charge in [-0.2, -0.15) is 0 Å². The second kappa shape index (κ2) is 6.77. The Labute approximate surface area is 198 Å². The van der Waals surface area contributed by atoms with Crippen molar-refractivity contribution in [2.75, 3.05) is 0 Å². The van der Waals surface area contributed by atoms with Crippen LogP contribution in [0.3, 0.4) is 0 Å². The van der Waals surface area contributed by atoms with Crippen LogP contribution < -0.4 is 0 Å². The van der Waals surface area contributed by atoms with E-state index < -0.39 is 5.60 Å². The quantitative estimate of drug-likeness (QED) is 0.448. The van der Waals surface area contributed by atoms with E-state index >= 15 is 0 Å². The van der Waals surface area contributed by atoms with Gasteiger partial charge in [-0.1, -0.05) is 41.5 Å². The lowest BCUT2D eigenvalue weighted by Gasteiger charge is -2.73. The molecule has 0 spiro atoms. The molecule has 2 nitrogen and oxygen atoms in total. The van der Waals surface area contributed by atoms with Crippen LogP contribution in [0.15, 0.2) is 0 Å². The number of rotatable bonds is 1. The molecule has 0 aromatic rings. The van der Waals surface area contributed by atoms with Crippen LogP contribution in [0.5, 0.6) is 0 Å². The Morgan fingerprint density at radius 1 is 0.656 bits per heavy atom. The third-order valence-electron chi connectivity index (χ3n) is 13.5. The first-order valence-electron chi connectivity index (χ1n) is 14.0. The van der Waals surface area contributed by atoms with E-state index in [9.17, 15) is 10.2 Å². The molecule has 0 aliphatic heterocycles. The van der Waals surface area contributed by atoms with Crippen molar-refractivity contribution in [2.24, 2.45) is 56.7 Å². The predicted octanol–water partition coefficient (Wildman–Crippen LogP) is 7.22. The van der Waals surface area contributed by atoms with E-state index in [2.05, 4.69) is 55.4 Å². The number of hydrogen-bond acceptors (Lipinski definition) is 2. The van der Waals surface area contributed by atoms with Crippen molar-refractivity contribution in [1.82, 2.24) is 0 Å². The fraction of sp³-hybridized carbons (Fsp3) is 1.00. The highest BCUT2D eigenvalue weighted by Gasteiger charge is 2.71. The van der Waals surface area contributed by atoms with Gasteiger partial charge in [-0.15, -0.1) is 0 Å². The van der Waals surface area contributed by atoms with Crippen LogP contribution in [0, 0.1) is 56.7 Å². The van der Waals surface area contributed by atoms with E-state index in [4.69, 9.17) is 0 Å². The number of fused-ring (bicyclic) bond motifs is 7. The van der Waals surface area contributed by atoms with Gasteiger partial charge >= 0.3 is 0 Å². The summed E-state index contributed by atoms with van der Waals surface area (Å²) in [4.78, 5) is 0. The number of aliphatic hydroxyl groups is 2. The summed E-state index contributed by atoms with van der Waals surface area (Å²) >= 11 is 0. The molecule has 2 N–H and O–H groups in total. The van der Waals surface area contributed by atoms with Gasteiger partial charge in [-0.05, 0) is 135 Å². The van der Waals surface area contributed by atoms with Crippen molar-refractivity contribution in [1.29, 1.82) is 0 Å². The van der Waals surface area contributed by atoms with Crippen LogP contribution in [0.2, 0.25) is 0 Å². The zero-order chi connectivity index (χ0) is 23.5. The molecule has 0 aromatic carbocycles. The second-order valence-corrected chi connectivity index (χ2v) is 15.6. The molecule has 0 heterocycles. The summed E-state index contributed by atoms with van der Waals surface area (Å²) in [5.74, 6) is 3.41. The highest BCUT2D eigenvalue weighted by Crippen LogP contribution is 2.78. The largest absolute Gasteiger partial charge is 0.393 e. The summed E-state index contributed by atoms with van der Waals surface area (Å²) in [5, 5.41) is 21.9. The Kier molecular flexibility index (Phi) is 5.01. The molecule has 5 fully saturated rings.